The molecule has 1 rings (SSSR count). The molecule has 0 saturated heterocycles. The van der Waals surface area contributed by atoms with Crippen LogP contribution in [0, 0.1) is 0 Å². The predicted molar refractivity (Wildman–Crippen MR) is 128 cm³/mol. The van der Waals surface area contributed by atoms with E-state index in [1.807, 2.05) is 0 Å². The first-order chi connectivity index (χ1) is 15.5. The maximum absolute atomic E-state index is 13.0. The van der Waals surface area contributed by atoms with Crippen molar-refractivity contribution in [1.29, 1.82) is 0 Å². The smallest absolute Gasteiger partial charge is 0.374 e. The zero-order chi connectivity index (χ0) is 27.6. The van der Waals surface area contributed by atoms with Gasteiger partial charge in [-0.1, -0.05) is 0 Å². The predicted octanol–water partition coefficient (Wildman–Crippen LogP) is 5.44. The molecule has 1 aromatic rings. The lowest BCUT2D eigenvalue weighted by molar-refractivity contribution is -0.301. The van der Waals surface area contributed by atoms with Gasteiger partial charge in [-0.3, -0.25) is 4.89 Å². The summed E-state index contributed by atoms with van der Waals surface area (Å²) in [5.74, 6) is -3.73. The normalized spacial score (nSPS) is 12.6. The van der Waals surface area contributed by atoms with Crippen LogP contribution >= 0.6 is 0 Å². The maximum Gasteiger partial charge on any atom is 0.374 e. The average Bonchev–Trinajstić information content (AvgIpc) is 2.60. The second-order valence-corrected chi connectivity index (χ2v) is 12.0. The molecule has 0 fully saturated rings. The lowest BCUT2D eigenvalue weighted by Gasteiger charge is -2.24. The minimum atomic E-state index is -1.05. The lowest BCUT2D eigenvalue weighted by Crippen LogP contribution is -2.30. The molecule has 0 bridgehead atoms. The topological polar surface area (TPSA) is 114 Å². The quantitative estimate of drug-likeness (QED) is 0.228. The van der Waals surface area contributed by atoms with Crippen LogP contribution in [0.2, 0.25) is 0 Å². The molecule has 0 unspecified atom stereocenters. The van der Waals surface area contributed by atoms with Gasteiger partial charge < -0.3 is 14.2 Å². The molecule has 0 aliphatic heterocycles. The monoisotopic (exact) mass is 494 g/mol. The van der Waals surface area contributed by atoms with Gasteiger partial charge in [-0.2, -0.15) is 4.89 Å². The number of esters is 3. The Hall–Kier alpha value is -2.94. The molecular formula is C26H38O9. The molecule has 9 heteroatoms. The molecule has 0 aliphatic carbocycles. The number of hydrogen-bond donors (Lipinski definition) is 0. The van der Waals surface area contributed by atoms with Crippen molar-refractivity contribution < 1.29 is 43.2 Å². The SMILES string of the molecule is CC(C)(C)OOC(=O)c1cc(C(=O)OC(C)(C)C)c(C(=O)OC(C)(C)C)cc1C(=O)OC(C)(C)C. The van der Waals surface area contributed by atoms with E-state index in [-0.39, 0.29) is 22.3 Å². The van der Waals surface area contributed by atoms with Gasteiger partial charge in [0.15, 0.2) is 0 Å². The maximum atomic E-state index is 13.0. The van der Waals surface area contributed by atoms with Crippen molar-refractivity contribution in [3.63, 3.8) is 0 Å². The van der Waals surface area contributed by atoms with Crippen LogP contribution in [0.25, 0.3) is 0 Å². The Morgan fingerprint density at radius 3 is 0.943 bits per heavy atom. The van der Waals surface area contributed by atoms with Crippen LogP contribution in [0.15, 0.2) is 12.1 Å². The van der Waals surface area contributed by atoms with Crippen LogP contribution in [0.3, 0.4) is 0 Å². The van der Waals surface area contributed by atoms with Crippen molar-refractivity contribution in [2.24, 2.45) is 0 Å². The highest BCUT2D eigenvalue weighted by molar-refractivity contribution is 6.10. The van der Waals surface area contributed by atoms with Crippen LogP contribution in [0.4, 0.5) is 0 Å². The van der Waals surface area contributed by atoms with Crippen LogP contribution in [0.5, 0.6) is 0 Å². The number of carbonyl (C=O) groups excluding carboxylic acids is 4. The van der Waals surface area contributed by atoms with E-state index < -0.39 is 46.3 Å². The largest absolute Gasteiger partial charge is 0.456 e. The Balaban J connectivity index is 3.81. The van der Waals surface area contributed by atoms with E-state index in [2.05, 4.69) is 0 Å². The fraction of sp³-hybridized carbons (Fsp3) is 0.615. The Morgan fingerprint density at radius 1 is 0.457 bits per heavy atom. The van der Waals surface area contributed by atoms with Crippen LogP contribution in [0.1, 0.15) is 125 Å². The van der Waals surface area contributed by atoms with Crippen LogP contribution < -0.4 is 0 Å². The van der Waals surface area contributed by atoms with Crippen molar-refractivity contribution in [2.45, 2.75) is 105 Å². The molecule has 196 valence electrons. The van der Waals surface area contributed by atoms with E-state index >= 15 is 0 Å². The first kappa shape index (κ1) is 30.1. The summed E-state index contributed by atoms with van der Waals surface area (Å²) in [6.45, 7) is 19.8. The van der Waals surface area contributed by atoms with E-state index in [1.54, 1.807) is 83.1 Å². The molecule has 0 spiro atoms. The molecule has 0 radical (unpaired) electrons. The van der Waals surface area contributed by atoms with Gasteiger partial charge in [0.2, 0.25) is 0 Å². The summed E-state index contributed by atoms with van der Waals surface area (Å²) in [6.07, 6.45) is 0. The average molecular weight is 495 g/mol. The van der Waals surface area contributed by atoms with Crippen LogP contribution in [-0.4, -0.2) is 46.3 Å². The summed E-state index contributed by atoms with van der Waals surface area (Å²) >= 11 is 0. The van der Waals surface area contributed by atoms with E-state index in [9.17, 15) is 19.2 Å². The van der Waals surface area contributed by atoms with Crippen molar-refractivity contribution in [1.82, 2.24) is 0 Å². The molecular weight excluding hydrogens is 456 g/mol. The van der Waals surface area contributed by atoms with Gasteiger partial charge >= 0.3 is 23.9 Å². The molecule has 0 amide bonds. The Bertz CT molecular complexity index is 978. The van der Waals surface area contributed by atoms with E-state index in [1.165, 1.54) is 0 Å². The fourth-order valence-electron chi connectivity index (χ4n) is 2.48. The third-order valence-electron chi connectivity index (χ3n) is 3.60. The molecule has 1 aromatic carbocycles. The van der Waals surface area contributed by atoms with Crippen molar-refractivity contribution in [3.05, 3.63) is 34.4 Å². The molecule has 0 saturated carbocycles. The van der Waals surface area contributed by atoms with E-state index in [0.717, 1.165) is 12.1 Å². The highest BCUT2D eigenvalue weighted by Gasteiger charge is 2.33. The number of ether oxygens (including phenoxy) is 3. The van der Waals surface area contributed by atoms with Gasteiger partial charge in [0.25, 0.3) is 0 Å². The summed E-state index contributed by atoms with van der Waals surface area (Å²) in [6, 6.07) is 2.13. The summed E-state index contributed by atoms with van der Waals surface area (Å²) in [5, 5.41) is 0. The van der Waals surface area contributed by atoms with Gasteiger partial charge in [-0.05, 0) is 95.2 Å². The van der Waals surface area contributed by atoms with Crippen molar-refractivity contribution >= 4 is 23.9 Å². The summed E-state index contributed by atoms with van der Waals surface area (Å²) in [7, 11) is 0. The third-order valence-corrected chi connectivity index (χ3v) is 3.60. The van der Waals surface area contributed by atoms with Crippen molar-refractivity contribution in [3.8, 4) is 0 Å². The minimum Gasteiger partial charge on any atom is -0.456 e. The molecule has 0 N–H and O–H groups in total. The van der Waals surface area contributed by atoms with Gasteiger partial charge in [-0.25, -0.2) is 19.2 Å². The van der Waals surface area contributed by atoms with Gasteiger partial charge in [0.05, 0.1) is 22.3 Å². The zero-order valence-electron chi connectivity index (χ0n) is 22.8. The third kappa shape index (κ3) is 10.5. The first-order valence-corrected chi connectivity index (χ1v) is 11.3. The van der Waals surface area contributed by atoms with Crippen molar-refractivity contribution in [2.75, 3.05) is 0 Å². The summed E-state index contributed by atoms with van der Waals surface area (Å²) in [5.41, 5.74) is -4.71. The Labute approximate surface area is 207 Å². The molecule has 35 heavy (non-hydrogen) atoms. The molecule has 0 heterocycles. The standard InChI is InChI=1S/C26H38O9/c1-23(2,3)31-19(27)15-13-17(21(29)33-25(7,8)9)18(22(30)34-35-26(10,11)12)14-16(15)20(28)32-24(4,5)6/h13-14H,1-12H3. The fourth-order valence-corrected chi connectivity index (χ4v) is 2.48. The number of rotatable bonds is 5. The zero-order valence-corrected chi connectivity index (χ0v) is 22.8. The van der Waals surface area contributed by atoms with E-state index in [4.69, 9.17) is 24.0 Å². The molecule has 0 atom stereocenters. The Morgan fingerprint density at radius 2 is 0.714 bits per heavy atom. The van der Waals surface area contributed by atoms with E-state index in [0.29, 0.717) is 0 Å². The lowest BCUT2D eigenvalue weighted by atomic mass is 9.97. The second-order valence-electron chi connectivity index (χ2n) is 12.0. The van der Waals surface area contributed by atoms with Gasteiger partial charge in [0, 0.05) is 0 Å². The second kappa shape index (κ2) is 10.4. The number of hydrogen-bond acceptors (Lipinski definition) is 9. The summed E-state index contributed by atoms with van der Waals surface area (Å²) in [4.78, 5) is 62.0. The Kier molecular flexibility index (Phi) is 8.90. The van der Waals surface area contributed by atoms with Crippen LogP contribution in [-0.2, 0) is 24.0 Å². The minimum absolute atomic E-state index is 0.261. The highest BCUT2D eigenvalue weighted by Crippen LogP contribution is 2.26. The first-order valence-electron chi connectivity index (χ1n) is 11.3. The molecule has 0 aromatic heterocycles. The number of benzene rings is 1. The van der Waals surface area contributed by atoms with Gasteiger partial charge in [-0.15, -0.1) is 0 Å². The molecule has 9 nitrogen and oxygen atoms in total. The number of carbonyl (C=O) groups is 4. The highest BCUT2D eigenvalue weighted by atomic mass is 17.2. The van der Waals surface area contributed by atoms with Gasteiger partial charge in [0.1, 0.15) is 22.4 Å². The summed E-state index contributed by atoms with van der Waals surface area (Å²) < 4.78 is 16.3. The molecule has 0 aliphatic rings.